The van der Waals surface area contributed by atoms with Crippen LogP contribution in [0.15, 0.2) is 85.3 Å². The molecule has 1 aliphatic rings. The molecule has 0 radical (unpaired) electrons. The Balaban J connectivity index is 0.000000408. The molecule has 1 unspecified atom stereocenters. The van der Waals surface area contributed by atoms with Crippen molar-refractivity contribution in [2.45, 2.75) is 63.5 Å². The van der Waals surface area contributed by atoms with Crippen molar-refractivity contribution in [3.8, 4) is 0 Å². The quantitative estimate of drug-likeness (QED) is 0.154. The molecule has 0 saturated carbocycles. The van der Waals surface area contributed by atoms with Crippen LogP contribution in [0.3, 0.4) is 0 Å². The van der Waals surface area contributed by atoms with E-state index in [0.717, 1.165) is 68.1 Å². The van der Waals surface area contributed by atoms with Crippen LogP contribution in [0, 0.1) is 0 Å². The molecule has 0 aliphatic carbocycles. The molecule has 1 aliphatic heterocycles. The first kappa shape index (κ1) is 39.5. The lowest BCUT2D eigenvalue weighted by Crippen LogP contribution is -2.55. The highest BCUT2D eigenvalue weighted by molar-refractivity contribution is 6.07. The topological polar surface area (TPSA) is 127 Å². The number of aromatic nitrogens is 2. The Hall–Kier alpha value is -4.92. The number of H-pyrrole nitrogens is 1. The number of nitrogens with zero attached hydrogens (tertiary/aromatic N) is 3. The molecule has 1 fully saturated rings. The van der Waals surface area contributed by atoms with E-state index in [1.165, 1.54) is 11.3 Å². The van der Waals surface area contributed by atoms with Gasteiger partial charge >= 0.3 is 24.3 Å². The average Bonchev–Trinajstić information content (AvgIpc) is 3.62. The number of amides is 1. The summed E-state index contributed by atoms with van der Waals surface area (Å²) in [7, 11) is 0. The normalized spacial score (nSPS) is 15.7. The Morgan fingerprint density at radius 3 is 2.06 bits per heavy atom. The van der Waals surface area contributed by atoms with E-state index < -0.39 is 24.3 Å². The molecule has 5 rings (SSSR count). The van der Waals surface area contributed by atoms with Gasteiger partial charge in [-0.15, -0.1) is 0 Å². The van der Waals surface area contributed by atoms with Crippen molar-refractivity contribution in [2.24, 2.45) is 0 Å². The second-order valence-electron chi connectivity index (χ2n) is 11.5. The number of carbonyl (C=O) groups excluding carboxylic acids is 1. The molecule has 50 heavy (non-hydrogen) atoms. The number of benzene rings is 3. The van der Waals surface area contributed by atoms with Gasteiger partial charge in [-0.2, -0.15) is 26.3 Å². The minimum atomic E-state index is -5.08. The maximum Gasteiger partial charge on any atom is 0.490 e. The Morgan fingerprint density at radius 2 is 1.48 bits per heavy atom. The number of carboxylic acids is 2. The van der Waals surface area contributed by atoms with Crippen LogP contribution in [0.1, 0.15) is 60.3 Å². The molecule has 0 bridgehead atoms. The predicted molar refractivity (Wildman–Crippen MR) is 173 cm³/mol. The molecule has 2 atom stereocenters. The van der Waals surface area contributed by atoms with Gasteiger partial charge in [-0.05, 0) is 41.7 Å². The summed E-state index contributed by atoms with van der Waals surface area (Å²) >= 11 is 0. The number of aryl methyl sites for hydroxylation is 1. The van der Waals surface area contributed by atoms with Gasteiger partial charge in [0.2, 0.25) is 0 Å². The first-order chi connectivity index (χ1) is 23.6. The van der Waals surface area contributed by atoms with Crippen molar-refractivity contribution in [2.75, 3.05) is 19.6 Å². The van der Waals surface area contributed by atoms with Crippen LogP contribution in [0.2, 0.25) is 0 Å². The van der Waals surface area contributed by atoms with Crippen molar-refractivity contribution >= 4 is 28.6 Å². The lowest BCUT2D eigenvalue weighted by Gasteiger charge is -2.45. The zero-order valence-electron chi connectivity index (χ0n) is 27.1. The summed E-state index contributed by atoms with van der Waals surface area (Å²) in [5.74, 6) is -5.37. The number of fused-ring (bicyclic) bond motifs is 1. The van der Waals surface area contributed by atoms with E-state index in [9.17, 15) is 31.1 Å². The van der Waals surface area contributed by atoms with E-state index in [2.05, 4.69) is 75.2 Å². The summed E-state index contributed by atoms with van der Waals surface area (Å²) in [6.07, 6.45) is -0.976. The van der Waals surface area contributed by atoms with Crippen LogP contribution in [0.25, 0.3) is 10.8 Å². The first-order valence-corrected chi connectivity index (χ1v) is 15.8. The first-order valence-electron chi connectivity index (χ1n) is 15.8. The lowest BCUT2D eigenvalue weighted by molar-refractivity contribution is -0.193. The number of alkyl halides is 6. The van der Waals surface area contributed by atoms with E-state index in [1.54, 1.807) is 6.33 Å². The fourth-order valence-electron chi connectivity index (χ4n) is 5.64. The second-order valence-corrected chi connectivity index (χ2v) is 11.5. The van der Waals surface area contributed by atoms with Crippen molar-refractivity contribution in [3.63, 3.8) is 0 Å². The highest BCUT2D eigenvalue weighted by Crippen LogP contribution is 2.31. The molecule has 1 amide bonds. The Labute approximate surface area is 284 Å². The third kappa shape index (κ3) is 11.6. The molecule has 4 aromatic rings. The van der Waals surface area contributed by atoms with E-state index in [4.69, 9.17) is 19.8 Å². The third-order valence-corrected chi connectivity index (χ3v) is 8.04. The van der Waals surface area contributed by atoms with Crippen LogP contribution in [0.4, 0.5) is 26.3 Å². The van der Waals surface area contributed by atoms with E-state index in [-0.39, 0.29) is 11.9 Å². The summed E-state index contributed by atoms with van der Waals surface area (Å²) in [5, 5.41) is 16.4. The number of carbonyl (C=O) groups is 3. The molecule has 3 N–H and O–H groups in total. The number of halogens is 6. The molecule has 1 aromatic heterocycles. The fraction of sp³-hybridized carbons (Fsp3) is 0.371. The second kappa shape index (κ2) is 18.2. The van der Waals surface area contributed by atoms with Crippen molar-refractivity contribution in [1.29, 1.82) is 0 Å². The molecule has 15 heteroatoms. The number of rotatable bonds is 9. The number of hydrogen-bond donors (Lipinski definition) is 3. The summed E-state index contributed by atoms with van der Waals surface area (Å²) in [4.78, 5) is 44.0. The SMILES string of the molecule is CCCC[C@H]1CN(C(=O)c2cccc3ccccc23)CCN1C(CCc1ccccc1)c1cnc[nH]1.O=C(O)C(F)(F)F.O=C(O)C(F)(F)F. The minimum Gasteiger partial charge on any atom is -0.475 e. The molecular weight excluding hydrogens is 670 g/mol. The van der Waals surface area contributed by atoms with Gasteiger partial charge in [0.15, 0.2) is 0 Å². The average molecular weight is 709 g/mol. The molecule has 1 saturated heterocycles. The monoisotopic (exact) mass is 708 g/mol. The fourth-order valence-corrected chi connectivity index (χ4v) is 5.64. The zero-order chi connectivity index (χ0) is 36.9. The molecule has 9 nitrogen and oxygen atoms in total. The summed E-state index contributed by atoms with van der Waals surface area (Å²) < 4.78 is 63.5. The Morgan fingerprint density at radius 1 is 0.880 bits per heavy atom. The van der Waals surface area contributed by atoms with Gasteiger partial charge in [0.1, 0.15) is 0 Å². The minimum absolute atomic E-state index is 0.148. The van der Waals surface area contributed by atoms with Gasteiger partial charge < -0.3 is 20.1 Å². The van der Waals surface area contributed by atoms with Gasteiger partial charge in [0, 0.05) is 37.4 Å². The number of imidazole rings is 1. The molecule has 270 valence electrons. The van der Waals surface area contributed by atoms with Gasteiger partial charge in [-0.1, -0.05) is 86.5 Å². The summed E-state index contributed by atoms with van der Waals surface area (Å²) in [6.45, 7) is 4.61. The van der Waals surface area contributed by atoms with Gasteiger partial charge in [-0.3, -0.25) is 9.69 Å². The maximum absolute atomic E-state index is 13.7. The molecule has 3 aromatic carbocycles. The van der Waals surface area contributed by atoms with E-state index in [0.29, 0.717) is 6.04 Å². The predicted octanol–water partition coefficient (Wildman–Crippen LogP) is 7.52. The van der Waals surface area contributed by atoms with Gasteiger partial charge in [-0.25, -0.2) is 14.6 Å². The number of unbranched alkanes of at least 4 members (excludes halogenated alkanes) is 1. The summed E-state index contributed by atoms with van der Waals surface area (Å²) in [6, 6.07) is 25.5. The van der Waals surface area contributed by atoms with Crippen LogP contribution >= 0.6 is 0 Å². The molecular formula is C35H38F6N4O5. The Kier molecular flexibility index (Phi) is 14.4. The highest BCUT2D eigenvalue weighted by Gasteiger charge is 2.39. The van der Waals surface area contributed by atoms with Gasteiger partial charge in [0.25, 0.3) is 5.91 Å². The highest BCUT2D eigenvalue weighted by atomic mass is 19.4. The van der Waals surface area contributed by atoms with Crippen molar-refractivity contribution in [1.82, 2.24) is 19.8 Å². The van der Waals surface area contributed by atoms with Crippen molar-refractivity contribution < 1.29 is 50.9 Å². The van der Waals surface area contributed by atoms with Crippen molar-refractivity contribution in [3.05, 3.63) is 102 Å². The largest absolute Gasteiger partial charge is 0.490 e. The number of hydrogen-bond acceptors (Lipinski definition) is 5. The third-order valence-electron chi connectivity index (χ3n) is 8.04. The zero-order valence-corrected chi connectivity index (χ0v) is 27.1. The van der Waals surface area contributed by atoms with E-state index >= 15 is 0 Å². The van der Waals surface area contributed by atoms with E-state index in [1.807, 2.05) is 30.5 Å². The van der Waals surface area contributed by atoms with Crippen LogP contribution < -0.4 is 0 Å². The van der Waals surface area contributed by atoms with Crippen LogP contribution in [-0.4, -0.2) is 85.9 Å². The maximum atomic E-state index is 13.7. The number of carboxylic acid groups (broad SMARTS) is 2. The van der Waals surface area contributed by atoms with Crippen LogP contribution in [-0.2, 0) is 16.0 Å². The Bertz CT molecular complexity index is 1640. The molecule has 2 heterocycles. The van der Waals surface area contributed by atoms with Gasteiger partial charge in [0.05, 0.1) is 18.1 Å². The lowest BCUT2D eigenvalue weighted by atomic mass is 9.96. The number of aliphatic carboxylic acids is 2. The number of nitrogens with one attached hydrogen (secondary N) is 1. The molecule has 0 spiro atoms. The van der Waals surface area contributed by atoms with Crippen LogP contribution in [0.5, 0.6) is 0 Å². The number of piperazine rings is 1. The number of aromatic amines is 1. The smallest absolute Gasteiger partial charge is 0.475 e. The standard InChI is InChI=1S/C31H36N4O.2C2HF3O2/c1-2-3-14-26-22-34(31(36)28-16-9-13-25-12-7-8-15-27(25)28)19-20-35(26)30(29-21-32-23-33-29)18-17-24-10-5-4-6-11-24;2*3-2(4,5)1(6)7/h4-13,15-16,21,23,26,30H,2-3,14,17-20,22H2,1H3,(H,32,33);2*(H,6,7)/t26-,30?;;/m0../s1. The summed E-state index contributed by atoms with van der Waals surface area (Å²) in [5.41, 5.74) is 3.34.